The van der Waals surface area contributed by atoms with Crippen molar-refractivity contribution in [1.82, 2.24) is 0 Å². The first-order valence-corrected chi connectivity index (χ1v) is 14.0. The van der Waals surface area contributed by atoms with Crippen LogP contribution < -0.4 is 0 Å². The first-order valence-electron chi connectivity index (χ1n) is 14.0. The maximum Gasteiger partial charge on any atom is 0.305 e. The molecule has 0 aromatic rings. The SMILES string of the molecule is CCCCCCCOCCOCCOCCOCCOCCOCCOCCOC(=O)CCCCC. The third kappa shape index (κ3) is 31.2. The van der Waals surface area contributed by atoms with E-state index in [1.165, 1.54) is 25.7 Å². The number of hydrogen-bond donors (Lipinski definition) is 0. The van der Waals surface area contributed by atoms with E-state index >= 15 is 0 Å². The third-order valence-corrected chi connectivity index (χ3v) is 5.10. The molecule has 0 saturated carbocycles. The quantitative estimate of drug-likeness (QED) is 0.0981. The van der Waals surface area contributed by atoms with E-state index in [0.717, 1.165) is 32.3 Å². The van der Waals surface area contributed by atoms with Crippen LogP contribution in [0.15, 0.2) is 0 Å². The summed E-state index contributed by atoms with van der Waals surface area (Å²) < 4.78 is 43.3. The van der Waals surface area contributed by atoms with Crippen molar-refractivity contribution >= 4 is 5.97 Å². The summed E-state index contributed by atoms with van der Waals surface area (Å²) in [5, 5.41) is 0. The zero-order valence-corrected chi connectivity index (χ0v) is 23.1. The van der Waals surface area contributed by atoms with E-state index in [1.54, 1.807) is 0 Å². The average Bonchev–Trinajstić information content (AvgIpc) is 2.88. The molecule has 0 spiro atoms. The Morgan fingerprint density at radius 2 is 0.722 bits per heavy atom. The van der Waals surface area contributed by atoms with Crippen molar-refractivity contribution in [2.24, 2.45) is 0 Å². The Kier molecular flexibility index (Phi) is 31.5. The van der Waals surface area contributed by atoms with Crippen molar-refractivity contribution in [2.45, 2.75) is 71.6 Å². The Balaban J connectivity index is 3.06. The van der Waals surface area contributed by atoms with Gasteiger partial charge in [-0.05, 0) is 12.8 Å². The number of rotatable bonds is 31. The molecule has 9 nitrogen and oxygen atoms in total. The fourth-order valence-electron chi connectivity index (χ4n) is 3.04. The molecule has 0 amide bonds. The van der Waals surface area contributed by atoms with E-state index in [4.69, 9.17) is 37.9 Å². The molecular weight excluding hydrogens is 468 g/mol. The molecule has 0 bridgehead atoms. The lowest BCUT2D eigenvalue weighted by atomic mass is 10.2. The van der Waals surface area contributed by atoms with Gasteiger partial charge in [-0.15, -0.1) is 0 Å². The van der Waals surface area contributed by atoms with Gasteiger partial charge in [-0.2, -0.15) is 0 Å². The molecule has 0 aliphatic carbocycles. The maximum atomic E-state index is 11.4. The van der Waals surface area contributed by atoms with E-state index in [0.29, 0.717) is 98.9 Å². The van der Waals surface area contributed by atoms with Crippen LogP contribution in [0.5, 0.6) is 0 Å². The summed E-state index contributed by atoms with van der Waals surface area (Å²) in [7, 11) is 0. The second-order valence-corrected chi connectivity index (χ2v) is 8.38. The fraction of sp³-hybridized carbons (Fsp3) is 0.963. The predicted molar refractivity (Wildman–Crippen MR) is 140 cm³/mol. The Morgan fingerprint density at radius 3 is 1.14 bits per heavy atom. The third-order valence-electron chi connectivity index (χ3n) is 5.10. The lowest BCUT2D eigenvalue weighted by molar-refractivity contribution is -0.145. The molecule has 0 aliphatic heterocycles. The molecule has 0 aromatic carbocycles. The lowest BCUT2D eigenvalue weighted by Crippen LogP contribution is -2.15. The van der Waals surface area contributed by atoms with Gasteiger partial charge in [-0.25, -0.2) is 0 Å². The smallest absolute Gasteiger partial charge is 0.305 e. The van der Waals surface area contributed by atoms with Crippen molar-refractivity contribution in [2.75, 3.05) is 99.1 Å². The standard InChI is InChI=1S/C27H54O9/c1-3-5-7-8-10-12-29-13-14-30-15-16-31-17-18-32-19-20-33-21-22-34-23-24-35-25-26-36-27(28)11-9-6-4-2/h3-26H2,1-2H3. The molecule has 0 aromatic heterocycles. The van der Waals surface area contributed by atoms with Crippen molar-refractivity contribution in [3.63, 3.8) is 0 Å². The molecule has 0 radical (unpaired) electrons. The Morgan fingerprint density at radius 1 is 0.389 bits per heavy atom. The highest BCUT2D eigenvalue weighted by molar-refractivity contribution is 5.69. The highest BCUT2D eigenvalue weighted by atomic mass is 16.6. The fourth-order valence-corrected chi connectivity index (χ4v) is 3.04. The second-order valence-electron chi connectivity index (χ2n) is 8.38. The highest BCUT2D eigenvalue weighted by Gasteiger charge is 2.01. The minimum atomic E-state index is -0.151. The van der Waals surface area contributed by atoms with Gasteiger partial charge in [0, 0.05) is 13.0 Å². The molecular formula is C27H54O9. The summed E-state index contributed by atoms with van der Waals surface area (Å²) >= 11 is 0. The second kappa shape index (κ2) is 32.2. The van der Waals surface area contributed by atoms with Crippen LogP contribution in [0.2, 0.25) is 0 Å². The largest absolute Gasteiger partial charge is 0.463 e. The molecule has 36 heavy (non-hydrogen) atoms. The van der Waals surface area contributed by atoms with Gasteiger partial charge in [0.2, 0.25) is 0 Å². The molecule has 216 valence electrons. The van der Waals surface area contributed by atoms with Gasteiger partial charge < -0.3 is 37.9 Å². The van der Waals surface area contributed by atoms with Crippen LogP contribution in [0.3, 0.4) is 0 Å². The monoisotopic (exact) mass is 522 g/mol. The Labute approximate surface area is 219 Å². The topological polar surface area (TPSA) is 90.9 Å². The van der Waals surface area contributed by atoms with E-state index in [-0.39, 0.29) is 5.97 Å². The van der Waals surface area contributed by atoms with Gasteiger partial charge in [0.05, 0.1) is 85.9 Å². The van der Waals surface area contributed by atoms with Gasteiger partial charge >= 0.3 is 5.97 Å². The summed E-state index contributed by atoms with van der Waals surface area (Å²) in [6.45, 7) is 12.3. The summed E-state index contributed by atoms with van der Waals surface area (Å²) in [5.41, 5.74) is 0. The molecule has 0 fully saturated rings. The lowest BCUT2D eigenvalue weighted by Gasteiger charge is -2.09. The molecule has 0 saturated heterocycles. The normalized spacial score (nSPS) is 11.3. The number of ether oxygens (including phenoxy) is 8. The predicted octanol–water partition coefficient (Wildman–Crippen LogP) is 4.20. The van der Waals surface area contributed by atoms with E-state index < -0.39 is 0 Å². The zero-order chi connectivity index (χ0) is 26.2. The Bertz CT molecular complexity index is 424. The highest BCUT2D eigenvalue weighted by Crippen LogP contribution is 2.02. The summed E-state index contributed by atoms with van der Waals surface area (Å²) in [6.07, 6.45) is 9.81. The number of carbonyl (C=O) groups excluding carboxylic acids is 1. The first kappa shape index (κ1) is 35.2. The van der Waals surface area contributed by atoms with Crippen molar-refractivity contribution < 1.29 is 42.7 Å². The van der Waals surface area contributed by atoms with Crippen LogP contribution >= 0.6 is 0 Å². The molecule has 0 N–H and O–H groups in total. The summed E-state index contributed by atoms with van der Waals surface area (Å²) in [4.78, 5) is 11.4. The number of hydrogen-bond acceptors (Lipinski definition) is 9. The van der Waals surface area contributed by atoms with Gasteiger partial charge in [-0.3, -0.25) is 4.79 Å². The van der Waals surface area contributed by atoms with Gasteiger partial charge in [0.25, 0.3) is 0 Å². The molecule has 9 heteroatoms. The van der Waals surface area contributed by atoms with Crippen LogP contribution in [0.4, 0.5) is 0 Å². The number of unbranched alkanes of at least 4 members (excludes halogenated alkanes) is 6. The number of esters is 1. The van der Waals surface area contributed by atoms with Crippen molar-refractivity contribution in [1.29, 1.82) is 0 Å². The molecule has 0 atom stereocenters. The van der Waals surface area contributed by atoms with Crippen LogP contribution in [-0.2, 0) is 42.7 Å². The van der Waals surface area contributed by atoms with Gasteiger partial charge in [-0.1, -0.05) is 52.4 Å². The molecule has 0 heterocycles. The van der Waals surface area contributed by atoms with Crippen LogP contribution in [-0.4, -0.2) is 105 Å². The number of carbonyl (C=O) groups is 1. The molecule has 0 rings (SSSR count). The first-order chi connectivity index (χ1) is 17.8. The van der Waals surface area contributed by atoms with E-state index in [2.05, 4.69) is 13.8 Å². The van der Waals surface area contributed by atoms with Crippen LogP contribution in [0.25, 0.3) is 0 Å². The van der Waals surface area contributed by atoms with Crippen molar-refractivity contribution in [3.8, 4) is 0 Å². The van der Waals surface area contributed by atoms with E-state index in [9.17, 15) is 4.79 Å². The minimum absolute atomic E-state index is 0.151. The summed E-state index contributed by atoms with van der Waals surface area (Å²) in [5.74, 6) is -0.151. The van der Waals surface area contributed by atoms with Crippen LogP contribution in [0, 0.1) is 0 Å². The maximum absolute atomic E-state index is 11.4. The molecule has 0 aliphatic rings. The van der Waals surface area contributed by atoms with Gasteiger partial charge in [0.1, 0.15) is 6.61 Å². The Hall–Kier alpha value is -0.810. The minimum Gasteiger partial charge on any atom is -0.463 e. The van der Waals surface area contributed by atoms with Crippen LogP contribution in [0.1, 0.15) is 71.6 Å². The zero-order valence-electron chi connectivity index (χ0n) is 23.1. The van der Waals surface area contributed by atoms with E-state index in [1.807, 2.05) is 0 Å². The summed E-state index contributed by atoms with van der Waals surface area (Å²) in [6, 6.07) is 0. The van der Waals surface area contributed by atoms with Gasteiger partial charge in [0.15, 0.2) is 0 Å². The van der Waals surface area contributed by atoms with Crippen molar-refractivity contribution in [3.05, 3.63) is 0 Å². The molecule has 0 unspecified atom stereocenters. The average molecular weight is 523 g/mol.